The van der Waals surface area contributed by atoms with Gasteiger partial charge < -0.3 is 10.2 Å². The van der Waals surface area contributed by atoms with E-state index in [4.69, 9.17) is 16.6 Å². The third kappa shape index (κ3) is 4.55. The molecule has 10 heteroatoms. The van der Waals surface area contributed by atoms with Crippen molar-refractivity contribution in [1.29, 1.82) is 0 Å². The van der Waals surface area contributed by atoms with Gasteiger partial charge in [-0.3, -0.25) is 14.4 Å². The van der Waals surface area contributed by atoms with Crippen LogP contribution in [-0.4, -0.2) is 49.0 Å². The number of nitrogens with zero attached hydrogens (tertiary/aromatic N) is 4. The number of carboxylic acids is 1. The van der Waals surface area contributed by atoms with Gasteiger partial charge in [-0.2, -0.15) is 0 Å². The lowest BCUT2D eigenvalue weighted by atomic mass is 10.00. The molecule has 1 atom stereocenters. The summed E-state index contributed by atoms with van der Waals surface area (Å²) in [6.45, 7) is 0.00384. The number of carboxylic acid groups (broad SMARTS) is 1. The molecule has 0 spiro atoms. The van der Waals surface area contributed by atoms with Gasteiger partial charge >= 0.3 is 5.97 Å². The number of thioether (sulfide) groups is 1. The molecule has 0 fully saturated rings. The van der Waals surface area contributed by atoms with E-state index in [1.54, 1.807) is 6.07 Å². The van der Waals surface area contributed by atoms with Crippen molar-refractivity contribution in [3.63, 3.8) is 0 Å². The smallest absolute Gasteiger partial charge is 0.303 e. The van der Waals surface area contributed by atoms with Crippen LogP contribution in [0.3, 0.4) is 0 Å². The van der Waals surface area contributed by atoms with Gasteiger partial charge in [0.2, 0.25) is 0 Å². The topological polar surface area (TPSA) is 101 Å². The van der Waals surface area contributed by atoms with Crippen LogP contribution in [0.5, 0.6) is 0 Å². The van der Waals surface area contributed by atoms with Crippen molar-refractivity contribution in [3.8, 4) is 5.69 Å². The molecule has 0 saturated carbocycles. The Morgan fingerprint density at radius 3 is 2.74 bits per heavy atom. The number of fused-ring (bicyclic) bond motifs is 3. The van der Waals surface area contributed by atoms with Gasteiger partial charge in [0, 0.05) is 32.8 Å². The number of hydrogen-bond acceptors (Lipinski definition) is 6. The molecule has 2 heterocycles. The minimum atomic E-state index is -0.903. The number of aliphatic imine (C=N–C) groups is 1. The number of benzene rings is 2. The Morgan fingerprint density at radius 1 is 1.19 bits per heavy atom. The Labute approximate surface area is 196 Å². The van der Waals surface area contributed by atoms with Gasteiger partial charge in [-0.05, 0) is 30.7 Å². The van der Waals surface area contributed by atoms with Crippen molar-refractivity contribution in [2.45, 2.75) is 24.0 Å². The highest BCUT2D eigenvalue weighted by atomic mass is 79.9. The molecule has 1 aliphatic heterocycles. The second-order valence-electron chi connectivity index (χ2n) is 6.82. The van der Waals surface area contributed by atoms with Crippen molar-refractivity contribution in [3.05, 3.63) is 68.9 Å². The lowest BCUT2D eigenvalue weighted by Crippen LogP contribution is -2.09. The molecule has 0 radical (unpaired) electrons. The van der Waals surface area contributed by atoms with Gasteiger partial charge in [0.1, 0.15) is 6.04 Å². The lowest BCUT2D eigenvalue weighted by molar-refractivity contribution is -0.137. The zero-order valence-corrected chi connectivity index (χ0v) is 19.4. The molecule has 0 saturated heterocycles. The van der Waals surface area contributed by atoms with E-state index in [9.17, 15) is 15.0 Å². The van der Waals surface area contributed by atoms with Crippen LogP contribution in [0.4, 0.5) is 0 Å². The third-order valence-corrected chi connectivity index (χ3v) is 6.51. The molecule has 3 aromatic rings. The van der Waals surface area contributed by atoms with Crippen LogP contribution in [0, 0.1) is 0 Å². The van der Waals surface area contributed by atoms with E-state index in [1.165, 1.54) is 11.8 Å². The first-order valence-corrected chi connectivity index (χ1v) is 11.7. The zero-order valence-electron chi connectivity index (χ0n) is 16.2. The van der Waals surface area contributed by atoms with Crippen molar-refractivity contribution >= 4 is 51.0 Å². The van der Waals surface area contributed by atoms with Crippen LogP contribution in [-0.2, 0) is 4.79 Å². The van der Waals surface area contributed by atoms with Crippen molar-refractivity contribution in [1.82, 2.24) is 14.8 Å². The molecule has 2 N–H and O–H groups in total. The highest BCUT2D eigenvalue weighted by Gasteiger charge is 2.30. The van der Waals surface area contributed by atoms with E-state index >= 15 is 0 Å². The summed E-state index contributed by atoms with van der Waals surface area (Å²) < 4.78 is 2.77. The number of aliphatic carboxylic acids is 1. The molecule has 31 heavy (non-hydrogen) atoms. The largest absolute Gasteiger partial charge is 0.481 e. The standard InChI is InChI=1S/C21H18BrClN4O3S/c22-12-5-7-17-14(11-12)19(13-3-1-2-4-15(13)23)24-16(6-8-18(29)30)20-25-26-21(27(17)20)31-10-9-28/h1-5,7,11,16,28H,6,8-10H2,(H,29,30)/t16-/m0/s1. The number of aromatic nitrogens is 3. The number of aliphatic hydroxyl groups is 1. The summed E-state index contributed by atoms with van der Waals surface area (Å²) in [5.41, 5.74) is 3.07. The van der Waals surface area contributed by atoms with Crippen molar-refractivity contribution in [2.24, 2.45) is 4.99 Å². The van der Waals surface area contributed by atoms with Crippen LogP contribution in [0.25, 0.3) is 5.69 Å². The normalized spacial score (nSPS) is 15.1. The molecule has 0 amide bonds. The second kappa shape index (κ2) is 9.52. The predicted octanol–water partition coefficient (Wildman–Crippen LogP) is 4.52. The summed E-state index contributed by atoms with van der Waals surface area (Å²) in [4.78, 5) is 16.3. The minimum Gasteiger partial charge on any atom is -0.481 e. The van der Waals surface area contributed by atoms with Crippen LogP contribution in [0.15, 0.2) is 57.1 Å². The summed E-state index contributed by atoms with van der Waals surface area (Å²) in [5.74, 6) is 0.120. The minimum absolute atomic E-state index is 0.00384. The first-order chi connectivity index (χ1) is 15.0. The Kier molecular flexibility index (Phi) is 6.76. The molecule has 2 aromatic carbocycles. The Hall–Kier alpha value is -2.20. The Balaban J connectivity index is 1.97. The fourth-order valence-corrected chi connectivity index (χ4v) is 4.73. The average Bonchev–Trinajstić information content (AvgIpc) is 3.11. The van der Waals surface area contributed by atoms with E-state index in [1.807, 2.05) is 41.0 Å². The predicted molar refractivity (Wildman–Crippen MR) is 124 cm³/mol. The summed E-state index contributed by atoms with van der Waals surface area (Å²) >= 11 is 11.4. The first-order valence-electron chi connectivity index (χ1n) is 9.53. The van der Waals surface area contributed by atoms with Crippen LogP contribution in [0.1, 0.15) is 35.8 Å². The molecule has 4 rings (SSSR count). The summed E-state index contributed by atoms with van der Waals surface area (Å²) in [6, 6.07) is 12.7. The van der Waals surface area contributed by atoms with E-state index in [0.717, 1.165) is 21.3 Å². The van der Waals surface area contributed by atoms with Crippen LogP contribution in [0.2, 0.25) is 5.02 Å². The van der Waals surface area contributed by atoms with E-state index < -0.39 is 12.0 Å². The molecule has 7 nitrogen and oxygen atoms in total. The molecule has 0 aliphatic carbocycles. The van der Waals surface area contributed by atoms with Gasteiger partial charge in [-0.25, -0.2) is 0 Å². The van der Waals surface area contributed by atoms with E-state index in [2.05, 4.69) is 26.1 Å². The Bertz CT molecular complexity index is 1170. The number of rotatable bonds is 7. The van der Waals surface area contributed by atoms with E-state index in [0.29, 0.717) is 27.5 Å². The highest BCUT2D eigenvalue weighted by Crippen LogP contribution is 2.37. The van der Waals surface area contributed by atoms with Crippen LogP contribution >= 0.6 is 39.3 Å². The fourth-order valence-electron chi connectivity index (χ4n) is 3.45. The highest BCUT2D eigenvalue weighted by molar-refractivity contribution is 9.10. The maximum atomic E-state index is 11.3. The van der Waals surface area contributed by atoms with Crippen LogP contribution < -0.4 is 0 Å². The average molecular weight is 522 g/mol. The molecule has 160 valence electrons. The lowest BCUT2D eigenvalue weighted by Gasteiger charge is -2.14. The van der Waals surface area contributed by atoms with Gasteiger partial charge in [-0.1, -0.05) is 57.5 Å². The molecule has 1 aliphatic rings. The molecular weight excluding hydrogens is 504 g/mol. The monoisotopic (exact) mass is 520 g/mol. The van der Waals surface area contributed by atoms with Crippen molar-refractivity contribution < 1.29 is 15.0 Å². The van der Waals surface area contributed by atoms with Crippen molar-refractivity contribution in [2.75, 3.05) is 12.4 Å². The summed E-state index contributed by atoms with van der Waals surface area (Å²) in [5, 5.41) is 28.4. The number of carbonyl (C=O) groups is 1. The van der Waals surface area contributed by atoms with Gasteiger partial charge in [0.25, 0.3) is 0 Å². The third-order valence-electron chi connectivity index (χ3n) is 4.78. The zero-order chi connectivity index (χ0) is 22.0. The maximum Gasteiger partial charge on any atom is 0.303 e. The molecule has 0 unspecified atom stereocenters. The Morgan fingerprint density at radius 2 is 2.00 bits per heavy atom. The molecule has 0 bridgehead atoms. The van der Waals surface area contributed by atoms with Gasteiger partial charge in [-0.15, -0.1) is 10.2 Å². The number of halogens is 2. The molecule has 1 aromatic heterocycles. The number of aliphatic hydroxyl groups excluding tert-OH is 1. The fraction of sp³-hybridized carbons (Fsp3) is 0.238. The van der Waals surface area contributed by atoms with E-state index in [-0.39, 0.29) is 19.4 Å². The quantitative estimate of drug-likeness (QED) is 0.443. The summed E-state index contributed by atoms with van der Waals surface area (Å²) in [6.07, 6.45) is 0.206. The SMILES string of the molecule is O=C(O)CC[C@@H]1N=C(c2ccccc2Cl)c2cc(Br)ccc2-n2c(SCCO)nnc21. The maximum absolute atomic E-state index is 11.3. The first kappa shape index (κ1) is 22.0. The van der Waals surface area contributed by atoms with Gasteiger partial charge in [0.15, 0.2) is 11.0 Å². The number of hydrogen-bond donors (Lipinski definition) is 2. The summed E-state index contributed by atoms with van der Waals surface area (Å²) in [7, 11) is 0. The molecular formula is C21H18BrClN4O3S. The van der Waals surface area contributed by atoms with Gasteiger partial charge in [0.05, 0.1) is 18.0 Å². The second-order valence-corrected chi connectivity index (χ2v) is 9.20.